The number of nitrogens with one attached hydrogen (secondary N) is 1. The van der Waals surface area contributed by atoms with Gasteiger partial charge in [-0.1, -0.05) is 29.8 Å². The van der Waals surface area contributed by atoms with Gasteiger partial charge in [0.25, 0.3) is 0 Å². The number of hydrogen-bond acceptors (Lipinski definition) is 5. The Labute approximate surface area is 161 Å². The minimum atomic E-state index is -0.141. The lowest BCUT2D eigenvalue weighted by Crippen LogP contribution is -2.39. The average Bonchev–Trinajstić information content (AvgIpc) is 3.36. The van der Waals surface area contributed by atoms with Crippen LogP contribution in [0.25, 0.3) is 5.69 Å². The van der Waals surface area contributed by atoms with Gasteiger partial charge in [0, 0.05) is 17.3 Å². The number of rotatable bonds is 5. The van der Waals surface area contributed by atoms with E-state index in [4.69, 9.17) is 11.6 Å². The van der Waals surface area contributed by atoms with Crippen molar-refractivity contribution in [2.45, 2.75) is 25.4 Å². The first-order valence-electron chi connectivity index (χ1n) is 8.82. The molecule has 1 aliphatic rings. The molecule has 1 atom stereocenters. The number of likely N-dealkylation sites (tertiary alicyclic amines) is 1. The molecular weight excluding hydrogens is 364 g/mol. The number of aromatic nitrogens is 4. The van der Waals surface area contributed by atoms with Gasteiger partial charge in [0.2, 0.25) is 5.91 Å². The van der Waals surface area contributed by atoms with Crippen molar-refractivity contribution in [2.24, 2.45) is 0 Å². The van der Waals surface area contributed by atoms with Gasteiger partial charge in [-0.05, 0) is 65.7 Å². The van der Waals surface area contributed by atoms with Gasteiger partial charge in [0.15, 0.2) is 0 Å². The number of tetrazole rings is 1. The van der Waals surface area contributed by atoms with Crippen LogP contribution in [0, 0.1) is 0 Å². The third kappa shape index (κ3) is 4.15. The maximum absolute atomic E-state index is 12.8. The summed E-state index contributed by atoms with van der Waals surface area (Å²) in [4.78, 5) is 15.1. The van der Waals surface area contributed by atoms with Crippen molar-refractivity contribution in [3.63, 3.8) is 0 Å². The highest BCUT2D eigenvalue weighted by atomic mass is 35.5. The standard InChI is InChI=1S/C19H19ClN6O/c20-15-8-6-14(7-9-15)12-25-10-2-5-18(25)19(27)22-16-3-1-4-17(11-16)26-13-21-23-24-26/h1,3-4,6-9,11,13,18H,2,5,10,12H2,(H,22,27). The number of carbonyl (C=O) groups excluding carboxylic acids is 1. The number of hydrogen-bond donors (Lipinski definition) is 1. The molecule has 27 heavy (non-hydrogen) atoms. The van der Waals surface area contributed by atoms with Gasteiger partial charge >= 0.3 is 0 Å². The Balaban J connectivity index is 1.44. The summed E-state index contributed by atoms with van der Waals surface area (Å²) >= 11 is 5.96. The van der Waals surface area contributed by atoms with Gasteiger partial charge < -0.3 is 5.32 Å². The predicted octanol–water partition coefficient (Wildman–Crippen LogP) is 2.92. The molecule has 1 fully saturated rings. The summed E-state index contributed by atoms with van der Waals surface area (Å²) < 4.78 is 1.55. The van der Waals surface area contributed by atoms with Crippen LogP contribution in [-0.4, -0.2) is 43.6 Å². The molecule has 2 aromatic carbocycles. The second kappa shape index (κ2) is 7.85. The molecule has 0 aliphatic carbocycles. The fourth-order valence-corrected chi connectivity index (χ4v) is 3.49. The van der Waals surface area contributed by atoms with Gasteiger partial charge in [0.1, 0.15) is 6.33 Å². The van der Waals surface area contributed by atoms with E-state index in [0.29, 0.717) is 0 Å². The number of halogens is 1. The number of carbonyl (C=O) groups is 1. The van der Waals surface area contributed by atoms with E-state index in [-0.39, 0.29) is 11.9 Å². The highest BCUT2D eigenvalue weighted by molar-refractivity contribution is 6.30. The first kappa shape index (κ1) is 17.6. The third-order valence-electron chi connectivity index (χ3n) is 4.69. The molecular formula is C19H19ClN6O. The molecule has 2 heterocycles. The molecule has 0 spiro atoms. The van der Waals surface area contributed by atoms with E-state index in [1.807, 2.05) is 48.5 Å². The Morgan fingerprint density at radius 3 is 2.85 bits per heavy atom. The zero-order valence-corrected chi connectivity index (χ0v) is 15.4. The fourth-order valence-electron chi connectivity index (χ4n) is 3.37. The lowest BCUT2D eigenvalue weighted by Gasteiger charge is -2.24. The highest BCUT2D eigenvalue weighted by Crippen LogP contribution is 2.23. The molecule has 1 aromatic heterocycles. The van der Waals surface area contributed by atoms with Gasteiger partial charge in [-0.25, -0.2) is 4.68 Å². The Hall–Kier alpha value is -2.77. The maximum Gasteiger partial charge on any atom is 0.241 e. The topological polar surface area (TPSA) is 75.9 Å². The summed E-state index contributed by atoms with van der Waals surface area (Å²) in [6, 6.07) is 15.1. The number of benzene rings is 2. The monoisotopic (exact) mass is 382 g/mol. The molecule has 7 nitrogen and oxygen atoms in total. The molecule has 1 amide bonds. The van der Waals surface area contributed by atoms with E-state index in [1.165, 1.54) is 6.33 Å². The Morgan fingerprint density at radius 2 is 2.07 bits per heavy atom. The van der Waals surface area contributed by atoms with Crippen molar-refractivity contribution < 1.29 is 4.79 Å². The highest BCUT2D eigenvalue weighted by Gasteiger charge is 2.30. The molecule has 0 bridgehead atoms. The number of amides is 1. The van der Waals surface area contributed by atoms with Crippen molar-refractivity contribution in [3.05, 3.63) is 65.4 Å². The second-order valence-corrected chi connectivity index (χ2v) is 6.99. The lowest BCUT2D eigenvalue weighted by molar-refractivity contribution is -0.120. The number of anilines is 1. The van der Waals surface area contributed by atoms with E-state index in [9.17, 15) is 4.79 Å². The minimum Gasteiger partial charge on any atom is -0.325 e. The van der Waals surface area contributed by atoms with Crippen LogP contribution in [-0.2, 0) is 11.3 Å². The van der Waals surface area contributed by atoms with Crippen LogP contribution in [0.5, 0.6) is 0 Å². The van der Waals surface area contributed by atoms with Crippen LogP contribution in [0.1, 0.15) is 18.4 Å². The first-order valence-corrected chi connectivity index (χ1v) is 9.19. The van der Waals surface area contributed by atoms with Crippen LogP contribution in [0.15, 0.2) is 54.9 Å². The van der Waals surface area contributed by atoms with E-state index in [1.54, 1.807) is 4.68 Å². The second-order valence-electron chi connectivity index (χ2n) is 6.55. The zero-order chi connectivity index (χ0) is 18.6. The van der Waals surface area contributed by atoms with Gasteiger partial charge in [-0.2, -0.15) is 0 Å². The van der Waals surface area contributed by atoms with Gasteiger partial charge in [-0.3, -0.25) is 9.69 Å². The number of nitrogens with zero attached hydrogens (tertiary/aromatic N) is 5. The molecule has 0 radical (unpaired) electrons. The summed E-state index contributed by atoms with van der Waals surface area (Å²) in [7, 11) is 0. The molecule has 138 valence electrons. The molecule has 4 rings (SSSR count). The van der Waals surface area contributed by atoms with Crippen LogP contribution in [0.2, 0.25) is 5.02 Å². The lowest BCUT2D eigenvalue weighted by atomic mass is 10.1. The molecule has 3 aromatic rings. The summed E-state index contributed by atoms with van der Waals surface area (Å²) in [5.41, 5.74) is 2.67. The molecule has 1 saturated heterocycles. The largest absolute Gasteiger partial charge is 0.325 e. The van der Waals surface area contributed by atoms with Crippen molar-refractivity contribution in [3.8, 4) is 5.69 Å². The van der Waals surface area contributed by atoms with E-state index >= 15 is 0 Å². The summed E-state index contributed by atoms with van der Waals surface area (Å²) in [6.07, 6.45) is 3.38. The SMILES string of the molecule is O=C(Nc1cccc(-n2cnnn2)c1)C1CCCN1Cc1ccc(Cl)cc1. The Kier molecular flexibility index (Phi) is 5.13. The van der Waals surface area contributed by atoms with Crippen molar-refractivity contribution in [2.75, 3.05) is 11.9 Å². The van der Waals surface area contributed by atoms with Crippen molar-refractivity contribution in [1.29, 1.82) is 0 Å². The van der Waals surface area contributed by atoms with Crippen molar-refractivity contribution in [1.82, 2.24) is 25.1 Å². The summed E-state index contributed by atoms with van der Waals surface area (Å²) in [6.45, 7) is 1.64. The third-order valence-corrected chi connectivity index (χ3v) is 4.94. The van der Waals surface area contributed by atoms with Crippen LogP contribution >= 0.6 is 11.6 Å². The first-order chi connectivity index (χ1) is 13.2. The van der Waals surface area contributed by atoms with Crippen LogP contribution in [0.4, 0.5) is 5.69 Å². The zero-order valence-electron chi connectivity index (χ0n) is 14.6. The van der Waals surface area contributed by atoms with E-state index in [2.05, 4.69) is 25.7 Å². The minimum absolute atomic E-state index is 0.00956. The van der Waals surface area contributed by atoms with Crippen LogP contribution in [0.3, 0.4) is 0 Å². The normalized spacial score (nSPS) is 17.1. The van der Waals surface area contributed by atoms with E-state index in [0.717, 1.165) is 47.9 Å². The van der Waals surface area contributed by atoms with Gasteiger partial charge in [0.05, 0.1) is 11.7 Å². The Morgan fingerprint density at radius 1 is 1.22 bits per heavy atom. The van der Waals surface area contributed by atoms with E-state index < -0.39 is 0 Å². The molecule has 1 N–H and O–H groups in total. The summed E-state index contributed by atoms with van der Waals surface area (Å²) in [5, 5.41) is 14.9. The Bertz CT molecular complexity index is 912. The molecule has 1 unspecified atom stereocenters. The predicted molar refractivity (Wildman–Crippen MR) is 103 cm³/mol. The van der Waals surface area contributed by atoms with Crippen LogP contribution < -0.4 is 5.32 Å². The fraction of sp³-hybridized carbons (Fsp3) is 0.263. The molecule has 1 aliphatic heterocycles. The maximum atomic E-state index is 12.8. The smallest absolute Gasteiger partial charge is 0.241 e. The molecule has 0 saturated carbocycles. The van der Waals surface area contributed by atoms with Gasteiger partial charge in [-0.15, -0.1) is 5.10 Å². The molecule has 8 heteroatoms. The quantitative estimate of drug-likeness (QED) is 0.734. The summed E-state index contributed by atoms with van der Waals surface area (Å²) in [5.74, 6) is 0.00956. The van der Waals surface area contributed by atoms with Crippen molar-refractivity contribution >= 4 is 23.2 Å². The average molecular weight is 383 g/mol.